The smallest absolute Gasteiger partial charge is 0.178 e. The molecule has 0 amide bonds. The van der Waals surface area contributed by atoms with Gasteiger partial charge in [0.1, 0.15) is 0 Å². The van der Waals surface area contributed by atoms with Crippen molar-refractivity contribution < 1.29 is 0 Å². The Kier molecular flexibility index (Phi) is 2.87. The molecule has 1 fully saturated rings. The van der Waals surface area contributed by atoms with E-state index in [2.05, 4.69) is 50.6 Å². The van der Waals surface area contributed by atoms with E-state index in [0.29, 0.717) is 6.04 Å². The van der Waals surface area contributed by atoms with E-state index in [-0.39, 0.29) is 0 Å². The van der Waals surface area contributed by atoms with Gasteiger partial charge in [-0.1, -0.05) is 29.3 Å². The maximum Gasteiger partial charge on any atom is 0.178 e. The molecule has 1 aliphatic rings. The minimum atomic E-state index is 0.567. The van der Waals surface area contributed by atoms with Gasteiger partial charge < -0.3 is 9.55 Å². The van der Waals surface area contributed by atoms with Gasteiger partial charge >= 0.3 is 0 Å². The summed E-state index contributed by atoms with van der Waals surface area (Å²) in [5.41, 5.74) is 2.36. The zero-order valence-electron chi connectivity index (χ0n) is 9.74. The van der Waals surface area contributed by atoms with Crippen molar-refractivity contribution in [1.29, 1.82) is 0 Å². The lowest BCUT2D eigenvalue weighted by molar-refractivity contribution is 0.413. The molecule has 0 saturated heterocycles. The Morgan fingerprint density at radius 1 is 1.41 bits per heavy atom. The minimum Gasteiger partial charge on any atom is -0.331 e. The Morgan fingerprint density at radius 2 is 2.24 bits per heavy atom. The van der Waals surface area contributed by atoms with Gasteiger partial charge in [0.15, 0.2) is 4.77 Å². The van der Waals surface area contributed by atoms with Gasteiger partial charge in [-0.25, -0.2) is 0 Å². The molecular weight excluding hydrogens is 296 g/mol. The van der Waals surface area contributed by atoms with Crippen LogP contribution >= 0.6 is 28.1 Å². The molecular formula is C13H15BrN2S. The number of hydrogen-bond donors (Lipinski definition) is 1. The van der Waals surface area contributed by atoms with Crippen LogP contribution in [0.25, 0.3) is 11.0 Å². The average Bonchev–Trinajstić information content (AvgIpc) is 2.80. The molecule has 1 aromatic heterocycles. The molecule has 0 aliphatic heterocycles. The summed E-state index contributed by atoms with van der Waals surface area (Å²) in [6.45, 7) is 2.33. The van der Waals surface area contributed by atoms with Crippen LogP contribution in [-0.4, -0.2) is 9.55 Å². The van der Waals surface area contributed by atoms with Gasteiger partial charge in [0.25, 0.3) is 0 Å². The molecule has 1 saturated carbocycles. The summed E-state index contributed by atoms with van der Waals surface area (Å²) in [5, 5.41) is 0. The van der Waals surface area contributed by atoms with E-state index in [0.717, 1.165) is 20.7 Å². The highest BCUT2D eigenvalue weighted by Gasteiger charge is 2.26. The highest BCUT2D eigenvalue weighted by Crippen LogP contribution is 2.37. The summed E-state index contributed by atoms with van der Waals surface area (Å²) < 4.78 is 4.26. The van der Waals surface area contributed by atoms with Gasteiger partial charge in [0, 0.05) is 10.5 Å². The summed E-state index contributed by atoms with van der Waals surface area (Å²) in [7, 11) is 0. The number of rotatable bonds is 1. The summed E-state index contributed by atoms with van der Waals surface area (Å²) >= 11 is 8.98. The van der Waals surface area contributed by atoms with Crippen molar-refractivity contribution in [1.82, 2.24) is 9.55 Å². The molecule has 0 bridgehead atoms. The predicted molar refractivity (Wildman–Crippen MR) is 76.9 cm³/mol. The molecule has 1 aromatic carbocycles. The van der Waals surface area contributed by atoms with Gasteiger partial charge in [0.2, 0.25) is 0 Å². The van der Waals surface area contributed by atoms with Gasteiger partial charge in [-0.2, -0.15) is 0 Å². The second kappa shape index (κ2) is 4.25. The van der Waals surface area contributed by atoms with E-state index in [9.17, 15) is 0 Å². The lowest BCUT2D eigenvalue weighted by Crippen LogP contribution is -2.11. The summed E-state index contributed by atoms with van der Waals surface area (Å²) in [5.74, 6) is 0.726. The van der Waals surface area contributed by atoms with Crippen molar-refractivity contribution in [2.75, 3.05) is 0 Å². The number of imidazole rings is 1. The third kappa shape index (κ3) is 1.87. The quantitative estimate of drug-likeness (QED) is 0.749. The standard InChI is InChI=1S/C13H15BrN2S/c1-8-3-2-4-11(8)16-12-6-5-9(14)7-10(12)15-13(16)17/h5-8,11H,2-4H2,1H3,(H,15,17). The predicted octanol–water partition coefficient (Wildman–Crippen LogP) is 4.82. The van der Waals surface area contributed by atoms with Gasteiger partial charge in [0.05, 0.1) is 11.0 Å². The molecule has 1 aliphatic carbocycles. The fourth-order valence-corrected chi connectivity index (χ4v) is 3.65. The first-order valence-electron chi connectivity index (χ1n) is 6.06. The minimum absolute atomic E-state index is 0.567. The lowest BCUT2D eigenvalue weighted by atomic mass is 10.1. The lowest BCUT2D eigenvalue weighted by Gasteiger charge is -2.18. The fraction of sp³-hybridized carbons (Fsp3) is 0.462. The highest BCUT2D eigenvalue weighted by molar-refractivity contribution is 9.10. The first-order valence-corrected chi connectivity index (χ1v) is 7.26. The molecule has 2 aromatic rings. The third-order valence-corrected chi connectivity index (χ3v) is 4.62. The van der Waals surface area contributed by atoms with E-state index in [4.69, 9.17) is 12.2 Å². The number of aromatic amines is 1. The molecule has 2 nitrogen and oxygen atoms in total. The molecule has 3 rings (SSSR count). The Morgan fingerprint density at radius 3 is 2.94 bits per heavy atom. The zero-order valence-corrected chi connectivity index (χ0v) is 12.1. The maximum atomic E-state index is 5.48. The first-order chi connectivity index (χ1) is 8.16. The summed E-state index contributed by atoms with van der Waals surface area (Å²) in [6, 6.07) is 6.90. The monoisotopic (exact) mass is 310 g/mol. The second-order valence-electron chi connectivity index (χ2n) is 4.94. The van der Waals surface area contributed by atoms with Crippen LogP contribution in [0.3, 0.4) is 0 Å². The van der Waals surface area contributed by atoms with Crippen molar-refractivity contribution in [3.8, 4) is 0 Å². The van der Waals surface area contributed by atoms with Crippen LogP contribution in [0, 0.1) is 10.7 Å². The molecule has 1 heterocycles. The van der Waals surface area contributed by atoms with Crippen molar-refractivity contribution in [3.63, 3.8) is 0 Å². The number of nitrogens with one attached hydrogen (secondary N) is 1. The normalized spacial score (nSPS) is 24.6. The van der Waals surface area contributed by atoms with Gasteiger partial charge in [-0.05, 0) is 49.2 Å². The summed E-state index contributed by atoms with van der Waals surface area (Å²) in [4.78, 5) is 3.31. The SMILES string of the molecule is CC1CCCC1n1c(=S)[nH]c2cc(Br)ccc21. The Hall–Kier alpha value is -0.610. The number of aromatic nitrogens is 2. The van der Waals surface area contributed by atoms with E-state index in [1.165, 1.54) is 24.8 Å². The zero-order chi connectivity index (χ0) is 12.0. The average molecular weight is 311 g/mol. The molecule has 2 atom stereocenters. The number of fused-ring (bicyclic) bond motifs is 1. The molecule has 0 radical (unpaired) electrons. The van der Waals surface area contributed by atoms with Crippen LogP contribution in [0.15, 0.2) is 22.7 Å². The van der Waals surface area contributed by atoms with Crippen LogP contribution in [0.2, 0.25) is 0 Å². The third-order valence-electron chi connectivity index (χ3n) is 3.83. The van der Waals surface area contributed by atoms with Crippen LogP contribution in [0.1, 0.15) is 32.2 Å². The largest absolute Gasteiger partial charge is 0.331 e. The second-order valence-corrected chi connectivity index (χ2v) is 6.24. The Labute approximate surface area is 114 Å². The van der Waals surface area contributed by atoms with Gasteiger partial charge in [-0.3, -0.25) is 0 Å². The molecule has 0 spiro atoms. The van der Waals surface area contributed by atoms with Crippen LogP contribution in [0.4, 0.5) is 0 Å². The Balaban J connectivity index is 2.22. The summed E-state index contributed by atoms with van der Waals surface area (Å²) in [6.07, 6.45) is 3.88. The van der Waals surface area contributed by atoms with E-state index in [1.807, 2.05) is 0 Å². The van der Waals surface area contributed by atoms with E-state index < -0.39 is 0 Å². The topological polar surface area (TPSA) is 20.7 Å². The van der Waals surface area contributed by atoms with E-state index >= 15 is 0 Å². The van der Waals surface area contributed by atoms with E-state index in [1.54, 1.807) is 0 Å². The highest BCUT2D eigenvalue weighted by atomic mass is 79.9. The number of halogens is 1. The maximum absolute atomic E-state index is 5.48. The van der Waals surface area contributed by atoms with Crippen molar-refractivity contribution in [2.24, 2.45) is 5.92 Å². The van der Waals surface area contributed by atoms with Crippen LogP contribution in [-0.2, 0) is 0 Å². The van der Waals surface area contributed by atoms with Gasteiger partial charge in [-0.15, -0.1) is 0 Å². The van der Waals surface area contributed by atoms with Crippen LogP contribution < -0.4 is 0 Å². The molecule has 1 N–H and O–H groups in total. The Bertz CT molecular complexity index is 613. The van der Waals surface area contributed by atoms with Crippen molar-refractivity contribution in [2.45, 2.75) is 32.2 Å². The van der Waals surface area contributed by atoms with Crippen LogP contribution in [0.5, 0.6) is 0 Å². The van der Waals surface area contributed by atoms with Crippen molar-refractivity contribution >= 4 is 39.2 Å². The number of nitrogens with zero attached hydrogens (tertiary/aromatic N) is 1. The molecule has 2 unspecified atom stereocenters. The fourth-order valence-electron chi connectivity index (χ4n) is 2.94. The molecule has 4 heteroatoms. The molecule has 90 valence electrons. The molecule has 17 heavy (non-hydrogen) atoms. The number of benzene rings is 1. The number of hydrogen-bond acceptors (Lipinski definition) is 1. The number of H-pyrrole nitrogens is 1. The van der Waals surface area contributed by atoms with Crippen molar-refractivity contribution in [3.05, 3.63) is 27.4 Å². The first kappa shape index (κ1) is 11.5.